The maximum absolute atomic E-state index is 14.3. The molecule has 3 aliphatic heterocycles. The van der Waals surface area contributed by atoms with Gasteiger partial charge in [0, 0.05) is 49.1 Å². The van der Waals surface area contributed by atoms with E-state index in [0.717, 1.165) is 24.0 Å². The topological polar surface area (TPSA) is 140 Å². The van der Waals surface area contributed by atoms with E-state index in [1.165, 1.54) is 35.2 Å². The van der Waals surface area contributed by atoms with Crippen LogP contribution in [0, 0.1) is 5.82 Å². The molecule has 16 heteroatoms. The van der Waals surface area contributed by atoms with E-state index in [9.17, 15) is 31.9 Å². The number of likely N-dealkylation sites (N-methyl/N-ethyl adjacent to an activating group) is 1. The van der Waals surface area contributed by atoms with Crippen LogP contribution in [0.2, 0.25) is 0 Å². The average molecular weight is 691 g/mol. The van der Waals surface area contributed by atoms with Crippen LogP contribution in [0.4, 0.5) is 23.4 Å². The first-order valence-corrected chi connectivity index (χ1v) is 16.4. The highest BCUT2D eigenvalue weighted by Gasteiger charge is 2.48. The number of hydrogen-bond acceptors (Lipinski definition) is 7. The number of primary amides is 1. The summed E-state index contributed by atoms with van der Waals surface area (Å²) in [6.45, 7) is 3.38. The summed E-state index contributed by atoms with van der Waals surface area (Å²) in [7, 11) is 0. The Kier molecular flexibility index (Phi) is 10.7. The Morgan fingerprint density at radius 3 is 2.44 bits per heavy atom. The number of rotatable bonds is 6. The van der Waals surface area contributed by atoms with Crippen LogP contribution in [0.1, 0.15) is 69.3 Å². The lowest BCUT2D eigenvalue weighted by Gasteiger charge is -2.39. The first-order valence-electron chi connectivity index (χ1n) is 15.3. The number of nitrogens with one attached hydrogen (secondary N) is 1. The first kappa shape index (κ1) is 34.9. The molecule has 0 saturated carbocycles. The normalized spacial score (nSPS) is 19.7. The molecule has 11 nitrogen and oxygen atoms in total. The molecule has 0 spiro atoms. The largest absolute Gasteiger partial charge is 0.416 e. The lowest BCUT2D eigenvalue weighted by molar-refractivity contribution is -0.137. The molecular weight excluding hydrogens is 656 g/mol. The SMILES string of the molecule is CCN1C(=O)C(NC(=O)c2cccc(C(F)(F)F)c2)C(c2ccc(F)cc2)c2c(C(=O)N3CCSC3)nn(C3CCOCC3)c21.NC=O. The van der Waals surface area contributed by atoms with Gasteiger partial charge in [-0.15, -0.1) is 11.8 Å². The van der Waals surface area contributed by atoms with E-state index in [1.54, 1.807) is 28.3 Å². The fourth-order valence-corrected chi connectivity index (χ4v) is 7.13. The van der Waals surface area contributed by atoms with Crippen molar-refractivity contribution in [3.63, 3.8) is 0 Å². The maximum Gasteiger partial charge on any atom is 0.416 e. The molecule has 3 N–H and O–H groups in total. The van der Waals surface area contributed by atoms with E-state index in [4.69, 9.17) is 14.6 Å². The van der Waals surface area contributed by atoms with Gasteiger partial charge < -0.3 is 20.7 Å². The van der Waals surface area contributed by atoms with E-state index in [1.807, 2.05) is 0 Å². The number of benzene rings is 2. The predicted molar refractivity (Wildman–Crippen MR) is 169 cm³/mol. The van der Waals surface area contributed by atoms with Gasteiger partial charge in [0.05, 0.1) is 17.5 Å². The van der Waals surface area contributed by atoms with E-state index < -0.39 is 41.3 Å². The van der Waals surface area contributed by atoms with Gasteiger partial charge in [0.1, 0.15) is 17.7 Å². The molecule has 2 atom stereocenters. The number of aromatic nitrogens is 2. The maximum atomic E-state index is 14.3. The summed E-state index contributed by atoms with van der Waals surface area (Å²) >= 11 is 1.60. The van der Waals surface area contributed by atoms with Crippen LogP contribution < -0.4 is 16.0 Å². The Bertz CT molecular complexity index is 1660. The Hall–Kier alpha value is -4.44. The van der Waals surface area contributed by atoms with Gasteiger partial charge in [-0.1, -0.05) is 18.2 Å². The molecule has 0 radical (unpaired) electrons. The molecule has 4 amide bonds. The van der Waals surface area contributed by atoms with Gasteiger partial charge in [-0.2, -0.15) is 18.3 Å². The molecule has 2 aromatic carbocycles. The van der Waals surface area contributed by atoms with Crippen LogP contribution in [-0.2, 0) is 20.5 Å². The highest BCUT2D eigenvalue weighted by molar-refractivity contribution is 7.99. The average Bonchev–Trinajstić information content (AvgIpc) is 3.75. The minimum Gasteiger partial charge on any atom is -0.381 e. The molecule has 1 aromatic heterocycles. The molecular formula is C32H34F4N6O5S. The van der Waals surface area contributed by atoms with Crippen LogP contribution in [0.3, 0.4) is 0 Å². The number of anilines is 1. The molecule has 6 rings (SSSR count). The van der Waals surface area contributed by atoms with Crippen molar-refractivity contribution in [3.05, 3.63) is 82.3 Å². The summed E-state index contributed by atoms with van der Waals surface area (Å²) in [6.07, 6.45) is -3.22. The van der Waals surface area contributed by atoms with Crippen LogP contribution in [0.15, 0.2) is 48.5 Å². The van der Waals surface area contributed by atoms with Crippen LogP contribution in [0.25, 0.3) is 0 Å². The van der Waals surface area contributed by atoms with Crippen molar-refractivity contribution >= 4 is 41.7 Å². The molecule has 2 unspecified atom stereocenters. The number of carbonyl (C=O) groups is 4. The molecule has 3 aromatic rings. The van der Waals surface area contributed by atoms with Crippen LogP contribution in [-0.4, -0.2) is 82.8 Å². The number of fused-ring (bicyclic) bond motifs is 1. The number of amides is 4. The van der Waals surface area contributed by atoms with Crippen LogP contribution in [0.5, 0.6) is 0 Å². The first-order chi connectivity index (χ1) is 23.0. The molecule has 48 heavy (non-hydrogen) atoms. The zero-order chi connectivity index (χ0) is 34.6. The third-order valence-electron chi connectivity index (χ3n) is 8.42. The molecule has 256 valence electrons. The second-order valence-corrected chi connectivity index (χ2v) is 12.3. The van der Waals surface area contributed by atoms with Gasteiger partial charge >= 0.3 is 6.18 Å². The zero-order valence-electron chi connectivity index (χ0n) is 25.9. The molecule has 3 aliphatic rings. The fraction of sp³-hybridized carbons (Fsp3) is 0.406. The van der Waals surface area contributed by atoms with E-state index in [0.29, 0.717) is 55.4 Å². The highest BCUT2D eigenvalue weighted by Crippen LogP contribution is 2.45. The minimum atomic E-state index is -4.68. The number of alkyl halides is 3. The van der Waals surface area contributed by atoms with Gasteiger partial charge in [0.15, 0.2) is 5.69 Å². The zero-order valence-corrected chi connectivity index (χ0v) is 26.7. The monoisotopic (exact) mass is 690 g/mol. The van der Waals surface area contributed by atoms with Gasteiger partial charge in [-0.05, 0) is 55.7 Å². The van der Waals surface area contributed by atoms with Gasteiger partial charge in [-0.3, -0.25) is 24.1 Å². The van der Waals surface area contributed by atoms with Crippen LogP contribution >= 0.6 is 11.8 Å². The van der Waals surface area contributed by atoms with Crippen molar-refractivity contribution in [2.24, 2.45) is 5.73 Å². The van der Waals surface area contributed by atoms with Crippen molar-refractivity contribution in [3.8, 4) is 0 Å². The number of ether oxygens (including phenoxy) is 1. The van der Waals surface area contributed by atoms with Crippen molar-refractivity contribution in [1.29, 1.82) is 0 Å². The summed E-state index contributed by atoms with van der Waals surface area (Å²) in [4.78, 5) is 53.6. The second kappa shape index (κ2) is 14.8. The summed E-state index contributed by atoms with van der Waals surface area (Å²) < 4.78 is 61.8. The van der Waals surface area contributed by atoms with Crippen molar-refractivity contribution in [2.75, 3.05) is 42.8 Å². The van der Waals surface area contributed by atoms with Gasteiger partial charge in [0.25, 0.3) is 17.7 Å². The minimum absolute atomic E-state index is 0.123. The fourth-order valence-electron chi connectivity index (χ4n) is 6.18. The number of nitrogens with zero attached hydrogens (tertiary/aromatic N) is 4. The third-order valence-corrected chi connectivity index (χ3v) is 9.38. The van der Waals surface area contributed by atoms with Gasteiger partial charge in [0.2, 0.25) is 6.41 Å². The third kappa shape index (κ3) is 7.04. The quantitative estimate of drug-likeness (QED) is 0.295. The predicted octanol–water partition coefficient (Wildman–Crippen LogP) is 3.94. The standard InChI is InChI=1S/C31H31F4N5O4S.CH3NO/c1-2-39-28-24(26(29(42)38-12-15-45-17-38)37-40(28)22-10-13-44-14-11-22)23(18-6-8-21(32)9-7-18)25(30(39)43)36-27(41)19-4-3-5-20(16-19)31(33,34)35;2-1-3/h3-9,16,22-23,25H,2,10-15,17H2,1H3,(H,36,41);1H,(H2,2,3). The molecule has 4 heterocycles. The summed E-state index contributed by atoms with van der Waals surface area (Å²) in [5, 5.41) is 7.53. The highest BCUT2D eigenvalue weighted by atomic mass is 32.2. The van der Waals surface area contributed by atoms with Gasteiger partial charge in [-0.25, -0.2) is 9.07 Å². The molecule has 0 aliphatic carbocycles. The molecule has 0 bridgehead atoms. The smallest absolute Gasteiger partial charge is 0.381 e. The summed E-state index contributed by atoms with van der Waals surface area (Å²) in [6, 6.07) is 7.83. The lowest BCUT2D eigenvalue weighted by atomic mass is 9.80. The molecule has 2 fully saturated rings. The Balaban J connectivity index is 0.00000145. The number of hydrogen-bond donors (Lipinski definition) is 2. The lowest BCUT2D eigenvalue weighted by Crippen LogP contribution is -2.56. The Morgan fingerprint density at radius 1 is 1.15 bits per heavy atom. The number of thioether (sulfide) groups is 1. The number of carbonyl (C=O) groups excluding carboxylic acids is 4. The number of halogens is 4. The summed E-state index contributed by atoms with van der Waals surface area (Å²) in [5.74, 6) is -1.63. The van der Waals surface area contributed by atoms with Crippen molar-refractivity contribution < 1.29 is 41.5 Å². The summed E-state index contributed by atoms with van der Waals surface area (Å²) in [5.41, 5.74) is 3.84. The number of nitrogens with two attached hydrogens (primary N) is 1. The van der Waals surface area contributed by atoms with E-state index >= 15 is 0 Å². The second-order valence-electron chi connectivity index (χ2n) is 11.3. The Labute approximate surface area is 277 Å². The van der Waals surface area contributed by atoms with Crippen molar-refractivity contribution in [1.82, 2.24) is 20.0 Å². The van der Waals surface area contributed by atoms with Crippen molar-refractivity contribution in [2.45, 2.75) is 43.9 Å². The van der Waals surface area contributed by atoms with E-state index in [2.05, 4.69) is 11.1 Å². The van der Waals surface area contributed by atoms with E-state index in [-0.39, 0.29) is 36.2 Å². The molecule has 2 saturated heterocycles. The Morgan fingerprint density at radius 2 is 1.83 bits per heavy atom.